The topological polar surface area (TPSA) is 66.5 Å². The fourth-order valence-corrected chi connectivity index (χ4v) is 3.35. The van der Waals surface area contributed by atoms with Crippen molar-refractivity contribution in [2.75, 3.05) is 11.9 Å². The zero-order chi connectivity index (χ0) is 19.5. The van der Waals surface area contributed by atoms with Gasteiger partial charge in [0.25, 0.3) is 0 Å². The first-order valence-corrected chi connectivity index (χ1v) is 10.3. The Morgan fingerprint density at radius 3 is 1.96 bits per heavy atom. The number of carbonyl (C=O) groups excluding carboxylic acids is 3. The quantitative estimate of drug-likeness (QED) is 0.431. The molecule has 0 atom stereocenters. The van der Waals surface area contributed by atoms with Crippen molar-refractivity contribution in [1.82, 2.24) is 4.90 Å². The molecule has 0 radical (unpaired) electrons. The summed E-state index contributed by atoms with van der Waals surface area (Å²) in [5, 5.41) is 2.93. The number of carbonyl (C=O) groups is 3. The van der Waals surface area contributed by atoms with Crippen LogP contribution >= 0.6 is 0 Å². The van der Waals surface area contributed by atoms with E-state index in [1.54, 1.807) is 0 Å². The lowest BCUT2D eigenvalue weighted by Gasteiger charge is -2.13. The number of anilines is 1. The van der Waals surface area contributed by atoms with Crippen molar-refractivity contribution >= 4 is 23.4 Å². The van der Waals surface area contributed by atoms with Crippen LogP contribution in [0.3, 0.4) is 0 Å². The molecule has 5 nitrogen and oxygen atoms in total. The number of nitrogens with one attached hydrogen (secondary N) is 1. The molecule has 2 rings (SSSR count). The van der Waals surface area contributed by atoms with Crippen LogP contribution in [0.2, 0.25) is 0 Å². The van der Waals surface area contributed by atoms with Crippen LogP contribution < -0.4 is 5.32 Å². The second-order valence-corrected chi connectivity index (χ2v) is 7.43. The molecule has 27 heavy (non-hydrogen) atoms. The predicted octanol–water partition coefficient (Wildman–Crippen LogP) is 4.59. The Bertz CT molecular complexity index is 609. The number of rotatable bonds is 12. The van der Waals surface area contributed by atoms with E-state index in [1.807, 2.05) is 31.2 Å². The van der Waals surface area contributed by atoms with Gasteiger partial charge in [-0.15, -0.1) is 0 Å². The van der Waals surface area contributed by atoms with Crippen molar-refractivity contribution in [2.24, 2.45) is 0 Å². The highest BCUT2D eigenvalue weighted by molar-refractivity contribution is 6.01. The van der Waals surface area contributed by atoms with Gasteiger partial charge in [0.15, 0.2) is 0 Å². The Balaban J connectivity index is 1.40. The summed E-state index contributed by atoms with van der Waals surface area (Å²) in [6.45, 7) is 2.62. The summed E-state index contributed by atoms with van der Waals surface area (Å²) in [5.74, 6) is 0.0719. The molecule has 1 saturated heterocycles. The van der Waals surface area contributed by atoms with Gasteiger partial charge in [0, 0.05) is 31.5 Å². The van der Waals surface area contributed by atoms with Gasteiger partial charge in [-0.1, -0.05) is 56.2 Å². The maximum absolute atomic E-state index is 11.9. The van der Waals surface area contributed by atoms with Crippen molar-refractivity contribution in [3.63, 3.8) is 0 Å². The van der Waals surface area contributed by atoms with Gasteiger partial charge in [-0.3, -0.25) is 19.3 Å². The zero-order valence-corrected chi connectivity index (χ0v) is 16.5. The standard InChI is InChI=1S/C22H32N2O3/c1-18-11-13-19(14-12-18)23-20(25)10-8-6-4-2-3-5-7-9-17-24-21(26)15-16-22(24)27/h11-14H,2-10,15-17H2,1H3,(H,23,25). The van der Waals surface area contributed by atoms with Crippen LogP contribution in [0.1, 0.15) is 76.2 Å². The molecule has 1 aliphatic heterocycles. The summed E-state index contributed by atoms with van der Waals surface area (Å²) in [5.41, 5.74) is 2.05. The minimum atomic E-state index is -0.00795. The van der Waals surface area contributed by atoms with Gasteiger partial charge in [-0.25, -0.2) is 0 Å². The molecule has 1 aliphatic rings. The number of nitrogens with zero attached hydrogens (tertiary/aromatic N) is 1. The Kier molecular flexibility index (Phi) is 9.02. The maximum Gasteiger partial charge on any atom is 0.229 e. The van der Waals surface area contributed by atoms with Crippen molar-refractivity contribution in [3.8, 4) is 0 Å². The maximum atomic E-state index is 11.9. The van der Waals surface area contributed by atoms with E-state index in [9.17, 15) is 14.4 Å². The first kappa shape index (κ1) is 21.1. The SMILES string of the molecule is Cc1ccc(NC(=O)CCCCCCCCCCN2C(=O)CCC2=O)cc1. The van der Waals surface area contributed by atoms with Gasteiger partial charge in [0.1, 0.15) is 0 Å². The highest BCUT2D eigenvalue weighted by Gasteiger charge is 2.27. The molecular formula is C22H32N2O3. The third kappa shape index (κ3) is 7.94. The molecule has 0 bridgehead atoms. The Morgan fingerprint density at radius 2 is 1.37 bits per heavy atom. The van der Waals surface area contributed by atoms with Gasteiger partial charge in [0.2, 0.25) is 17.7 Å². The Hall–Kier alpha value is -2.17. The molecule has 1 aromatic rings. The molecule has 0 aromatic heterocycles. The lowest BCUT2D eigenvalue weighted by atomic mass is 10.1. The molecule has 1 fully saturated rings. The number of unbranched alkanes of at least 4 members (excludes halogenated alkanes) is 7. The van der Waals surface area contributed by atoms with Crippen molar-refractivity contribution in [3.05, 3.63) is 29.8 Å². The van der Waals surface area contributed by atoms with E-state index in [2.05, 4.69) is 5.32 Å². The highest BCUT2D eigenvalue weighted by atomic mass is 16.2. The number of benzene rings is 1. The van der Waals surface area contributed by atoms with E-state index in [1.165, 1.54) is 23.3 Å². The summed E-state index contributed by atoms with van der Waals surface area (Å²) in [6, 6.07) is 7.86. The molecule has 0 saturated carbocycles. The van der Waals surface area contributed by atoms with Gasteiger partial charge in [-0.05, 0) is 31.9 Å². The first-order chi connectivity index (χ1) is 13.1. The molecule has 1 aromatic carbocycles. The fourth-order valence-electron chi connectivity index (χ4n) is 3.35. The molecule has 0 aliphatic carbocycles. The third-order valence-electron chi connectivity index (χ3n) is 5.03. The number of amides is 3. The minimum Gasteiger partial charge on any atom is -0.326 e. The number of imide groups is 1. The van der Waals surface area contributed by atoms with Crippen LogP contribution in [0, 0.1) is 6.92 Å². The second kappa shape index (κ2) is 11.5. The summed E-state index contributed by atoms with van der Waals surface area (Å²) in [6.07, 6.45) is 10.0. The number of aryl methyl sites for hydroxylation is 1. The number of likely N-dealkylation sites (tertiary alicyclic amines) is 1. The van der Waals surface area contributed by atoms with Crippen LogP contribution in [-0.2, 0) is 14.4 Å². The summed E-state index contributed by atoms with van der Waals surface area (Å²) in [4.78, 5) is 36.3. The molecule has 148 valence electrons. The molecule has 1 N–H and O–H groups in total. The van der Waals surface area contributed by atoms with E-state index in [0.717, 1.165) is 44.2 Å². The van der Waals surface area contributed by atoms with Crippen LogP contribution in [0.25, 0.3) is 0 Å². The van der Waals surface area contributed by atoms with Crippen molar-refractivity contribution in [2.45, 2.75) is 77.6 Å². The molecule has 1 heterocycles. The smallest absolute Gasteiger partial charge is 0.229 e. The minimum absolute atomic E-state index is 0.00795. The summed E-state index contributed by atoms with van der Waals surface area (Å²) in [7, 11) is 0. The van der Waals surface area contributed by atoms with E-state index in [0.29, 0.717) is 25.8 Å². The molecule has 0 spiro atoms. The Labute approximate surface area is 162 Å². The van der Waals surface area contributed by atoms with Crippen molar-refractivity contribution in [1.29, 1.82) is 0 Å². The van der Waals surface area contributed by atoms with Crippen LogP contribution in [0.4, 0.5) is 5.69 Å². The molecular weight excluding hydrogens is 340 g/mol. The lowest BCUT2D eigenvalue weighted by Crippen LogP contribution is -2.29. The van der Waals surface area contributed by atoms with Crippen molar-refractivity contribution < 1.29 is 14.4 Å². The average molecular weight is 373 g/mol. The number of hydrogen-bond acceptors (Lipinski definition) is 3. The van der Waals surface area contributed by atoms with E-state index in [4.69, 9.17) is 0 Å². The Morgan fingerprint density at radius 1 is 0.852 bits per heavy atom. The predicted molar refractivity (Wildman–Crippen MR) is 107 cm³/mol. The molecule has 3 amide bonds. The highest BCUT2D eigenvalue weighted by Crippen LogP contribution is 2.15. The first-order valence-electron chi connectivity index (χ1n) is 10.3. The van der Waals surface area contributed by atoms with E-state index < -0.39 is 0 Å². The van der Waals surface area contributed by atoms with Crippen LogP contribution in [-0.4, -0.2) is 29.2 Å². The molecule has 0 unspecified atom stereocenters. The number of hydrogen-bond donors (Lipinski definition) is 1. The summed E-state index contributed by atoms with van der Waals surface area (Å²) >= 11 is 0. The average Bonchev–Trinajstić information content (AvgIpc) is 2.97. The lowest BCUT2D eigenvalue weighted by molar-refractivity contribution is -0.138. The van der Waals surface area contributed by atoms with E-state index >= 15 is 0 Å². The van der Waals surface area contributed by atoms with Gasteiger partial charge in [-0.2, -0.15) is 0 Å². The summed E-state index contributed by atoms with van der Waals surface area (Å²) < 4.78 is 0. The van der Waals surface area contributed by atoms with Gasteiger partial charge < -0.3 is 5.32 Å². The second-order valence-electron chi connectivity index (χ2n) is 7.43. The molecule has 5 heteroatoms. The third-order valence-corrected chi connectivity index (χ3v) is 5.03. The van der Waals surface area contributed by atoms with Gasteiger partial charge >= 0.3 is 0 Å². The van der Waals surface area contributed by atoms with Gasteiger partial charge in [0.05, 0.1) is 0 Å². The monoisotopic (exact) mass is 372 g/mol. The normalized spacial score (nSPS) is 14.0. The van der Waals surface area contributed by atoms with E-state index in [-0.39, 0.29) is 17.7 Å². The fraction of sp³-hybridized carbons (Fsp3) is 0.591. The largest absolute Gasteiger partial charge is 0.326 e. The van der Waals surface area contributed by atoms with Crippen LogP contribution in [0.5, 0.6) is 0 Å². The zero-order valence-electron chi connectivity index (χ0n) is 16.5. The van der Waals surface area contributed by atoms with Crippen LogP contribution in [0.15, 0.2) is 24.3 Å².